The third kappa shape index (κ3) is 2.74. The molecule has 0 radical (unpaired) electrons. The molecule has 76 valence electrons. The summed E-state index contributed by atoms with van der Waals surface area (Å²) in [5, 5.41) is 9.31. The number of hydrogen-bond acceptors (Lipinski definition) is 4. The Hall–Kier alpha value is -1.55. The van der Waals surface area contributed by atoms with E-state index < -0.39 is 0 Å². The van der Waals surface area contributed by atoms with Crippen LogP contribution in [0.4, 0.5) is 0 Å². The first-order valence-electron chi connectivity index (χ1n) is 4.18. The minimum absolute atomic E-state index is 0.0742. The Balaban J connectivity index is 2.62. The quantitative estimate of drug-likeness (QED) is 0.568. The fourth-order valence-corrected chi connectivity index (χ4v) is 0.956. The van der Waals surface area contributed by atoms with Gasteiger partial charge in [0.05, 0.1) is 12.2 Å². The van der Waals surface area contributed by atoms with Crippen LogP contribution in [-0.2, 0) is 4.74 Å². The molecule has 1 N–H and O–H groups in total. The Kier molecular flexibility index (Phi) is 3.94. The molecule has 1 aromatic rings. The molecule has 0 aliphatic carbocycles. The highest BCUT2D eigenvalue weighted by atomic mass is 16.5. The summed E-state index contributed by atoms with van der Waals surface area (Å²) >= 11 is 0. The largest absolute Gasteiger partial charge is 0.507 e. The lowest BCUT2D eigenvalue weighted by Gasteiger charge is -2.06. The average Bonchev–Trinajstić information content (AvgIpc) is 2.18. The van der Waals surface area contributed by atoms with Gasteiger partial charge in [-0.25, -0.2) is 0 Å². The van der Waals surface area contributed by atoms with Crippen LogP contribution in [0.25, 0.3) is 0 Å². The summed E-state index contributed by atoms with van der Waals surface area (Å²) in [6.45, 7) is 0.895. The summed E-state index contributed by atoms with van der Waals surface area (Å²) in [5.41, 5.74) is 0.254. The van der Waals surface area contributed by atoms with Gasteiger partial charge in [-0.05, 0) is 12.1 Å². The normalized spacial score (nSPS) is 9.79. The number of phenolic OH excluding ortho intramolecular Hbond substituents is 1. The number of aldehydes is 1. The number of rotatable bonds is 5. The van der Waals surface area contributed by atoms with Crippen LogP contribution < -0.4 is 4.74 Å². The number of benzene rings is 1. The van der Waals surface area contributed by atoms with Crippen LogP contribution in [0.1, 0.15) is 10.4 Å². The second-order valence-electron chi connectivity index (χ2n) is 2.68. The van der Waals surface area contributed by atoms with Crippen molar-refractivity contribution in [1.82, 2.24) is 0 Å². The SMILES string of the molecule is COCCOc1ccc(C=O)c(O)c1. The third-order valence-electron chi connectivity index (χ3n) is 1.69. The summed E-state index contributed by atoms with van der Waals surface area (Å²) < 4.78 is 10.0. The molecule has 4 heteroatoms. The molecule has 0 spiro atoms. The smallest absolute Gasteiger partial charge is 0.153 e. The van der Waals surface area contributed by atoms with Gasteiger partial charge in [0.15, 0.2) is 6.29 Å². The Labute approximate surface area is 82.1 Å². The number of carbonyl (C=O) groups excluding carboxylic acids is 1. The molecule has 0 aromatic heterocycles. The fraction of sp³-hybridized carbons (Fsp3) is 0.300. The Morgan fingerprint density at radius 1 is 1.43 bits per heavy atom. The molecule has 0 aliphatic rings. The molecular weight excluding hydrogens is 184 g/mol. The first kappa shape index (κ1) is 10.5. The van der Waals surface area contributed by atoms with Crippen molar-refractivity contribution in [2.75, 3.05) is 20.3 Å². The summed E-state index contributed by atoms with van der Waals surface area (Å²) in [7, 11) is 1.58. The Bertz CT molecular complexity index is 309. The molecule has 0 unspecified atom stereocenters. The van der Waals surface area contributed by atoms with Crippen molar-refractivity contribution in [3.63, 3.8) is 0 Å². The average molecular weight is 196 g/mol. The van der Waals surface area contributed by atoms with Gasteiger partial charge in [0.1, 0.15) is 18.1 Å². The zero-order valence-electron chi connectivity index (χ0n) is 7.90. The van der Waals surface area contributed by atoms with E-state index >= 15 is 0 Å². The van der Waals surface area contributed by atoms with Crippen LogP contribution in [0, 0.1) is 0 Å². The van der Waals surface area contributed by atoms with Crippen LogP contribution in [0.5, 0.6) is 11.5 Å². The van der Waals surface area contributed by atoms with Crippen molar-refractivity contribution in [2.24, 2.45) is 0 Å². The van der Waals surface area contributed by atoms with Gasteiger partial charge in [0.2, 0.25) is 0 Å². The molecule has 1 aromatic carbocycles. The van der Waals surface area contributed by atoms with Crippen LogP contribution in [-0.4, -0.2) is 31.7 Å². The third-order valence-corrected chi connectivity index (χ3v) is 1.69. The van der Waals surface area contributed by atoms with Gasteiger partial charge in [0.25, 0.3) is 0 Å². The molecule has 1 rings (SSSR count). The fourth-order valence-electron chi connectivity index (χ4n) is 0.956. The second kappa shape index (κ2) is 5.24. The van der Waals surface area contributed by atoms with E-state index in [1.807, 2.05) is 0 Å². The molecule has 0 saturated carbocycles. The molecule has 0 saturated heterocycles. The van der Waals surface area contributed by atoms with E-state index in [2.05, 4.69) is 0 Å². The van der Waals surface area contributed by atoms with Crippen molar-refractivity contribution < 1.29 is 19.4 Å². The van der Waals surface area contributed by atoms with Gasteiger partial charge in [-0.2, -0.15) is 0 Å². The van der Waals surface area contributed by atoms with E-state index in [1.165, 1.54) is 12.1 Å². The predicted octanol–water partition coefficient (Wildman–Crippen LogP) is 1.23. The summed E-state index contributed by atoms with van der Waals surface area (Å²) in [6.07, 6.45) is 0.592. The number of phenols is 1. The van der Waals surface area contributed by atoms with Crippen LogP contribution in [0.2, 0.25) is 0 Å². The van der Waals surface area contributed by atoms with Gasteiger partial charge in [0, 0.05) is 13.2 Å². The van der Waals surface area contributed by atoms with Gasteiger partial charge >= 0.3 is 0 Å². The number of hydrogen-bond donors (Lipinski definition) is 1. The van der Waals surface area contributed by atoms with Crippen molar-refractivity contribution in [3.8, 4) is 11.5 Å². The molecule has 0 bridgehead atoms. The van der Waals surface area contributed by atoms with E-state index in [1.54, 1.807) is 13.2 Å². The van der Waals surface area contributed by atoms with E-state index in [9.17, 15) is 9.90 Å². The first-order chi connectivity index (χ1) is 6.77. The Morgan fingerprint density at radius 2 is 2.21 bits per heavy atom. The number of carbonyl (C=O) groups is 1. The van der Waals surface area contributed by atoms with Crippen LogP contribution >= 0.6 is 0 Å². The minimum atomic E-state index is -0.0742. The van der Waals surface area contributed by atoms with Crippen molar-refractivity contribution in [1.29, 1.82) is 0 Å². The van der Waals surface area contributed by atoms with Gasteiger partial charge in [-0.3, -0.25) is 4.79 Å². The second-order valence-corrected chi connectivity index (χ2v) is 2.68. The number of aromatic hydroxyl groups is 1. The maximum atomic E-state index is 10.4. The van der Waals surface area contributed by atoms with Crippen molar-refractivity contribution >= 4 is 6.29 Å². The molecule has 0 aliphatic heterocycles. The highest BCUT2D eigenvalue weighted by molar-refractivity contribution is 5.79. The van der Waals surface area contributed by atoms with Crippen molar-refractivity contribution in [2.45, 2.75) is 0 Å². The molecule has 0 fully saturated rings. The maximum absolute atomic E-state index is 10.4. The lowest BCUT2D eigenvalue weighted by molar-refractivity contribution is 0.112. The zero-order chi connectivity index (χ0) is 10.4. The van der Waals surface area contributed by atoms with Gasteiger partial charge < -0.3 is 14.6 Å². The minimum Gasteiger partial charge on any atom is -0.507 e. The highest BCUT2D eigenvalue weighted by Crippen LogP contribution is 2.21. The summed E-state index contributed by atoms with van der Waals surface area (Å²) in [5.74, 6) is 0.445. The van der Waals surface area contributed by atoms with Crippen LogP contribution in [0.15, 0.2) is 18.2 Å². The first-order valence-corrected chi connectivity index (χ1v) is 4.18. The molecular formula is C10H12O4. The number of ether oxygens (including phenoxy) is 2. The maximum Gasteiger partial charge on any atom is 0.153 e. The Morgan fingerprint density at radius 3 is 2.79 bits per heavy atom. The molecule has 0 amide bonds. The molecule has 4 nitrogen and oxygen atoms in total. The predicted molar refractivity (Wildman–Crippen MR) is 50.9 cm³/mol. The molecule has 0 heterocycles. The molecule has 14 heavy (non-hydrogen) atoms. The molecule has 0 atom stereocenters. The standard InChI is InChI=1S/C10H12O4/c1-13-4-5-14-9-3-2-8(7-11)10(12)6-9/h2-3,6-7,12H,4-5H2,1H3. The van der Waals surface area contributed by atoms with Gasteiger partial charge in [-0.15, -0.1) is 0 Å². The van der Waals surface area contributed by atoms with Crippen molar-refractivity contribution in [3.05, 3.63) is 23.8 Å². The van der Waals surface area contributed by atoms with Gasteiger partial charge in [-0.1, -0.05) is 0 Å². The zero-order valence-corrected chi connectivity index (χ0v) is 7.90. The lowest BCUT2D eigenvalue weighted by Crippen LogP contribution is -2.04. The summed E-state index contributed by atoms with van der Waals surface area (Å²) in [6, 6.07) is 4.53. The van der Waals surface area contributed by atoms with Crippen LogP contribution in [0.3, 0.4) is 0 Å². The van der Waals surface area contributed by atoms with E-state index in [4.69, 9.17) is 9.47 Å². The number of methoxy groups -OCH3 is 1. The van der Waals surface area contributed by atoms with E-state index in [0.29, 0.717) is 25.2 Å². The monoisotopic (exact) mass is 196 g/mol. The summed E-state index contributed by atoms with van der Waals surface area (Å²) in [4.78, 5) is 10.4. The highest BCUT2D eigenvalue weighted by Gasteiger charge is 2.01. The van der Waals surface area contributed by atoms with E-state index in [0.717, 1.165) is 0 Å². The lowest BCUT2D eigenvalue weighted by atomic mass is 10.2. The van der Waals surface area contributed by atoms with E-state index in [-0.39, 0.29) is 11.3 Å². The topological polar surface area (TPSA) is 55.8 Å².